The molecule has 0 saturated heterocycles. The molecule has 1 atom stereocenters. The second kappa shape index (κ2) is 9.45. The Morgan fingerprint density at radius 2 is 1.58 bits per heavy atom. The van der Waals surface area contributed by atoms with Gasteiger partial charge >= 0.3 is 0 Å². The van der Waals surface area contributed by atoms with Crippen LogP contribution in [0.3, 0.4) is 0 Å². The third kappa shape index (κ3) is 7.16. The number of carbonyl (C=O) groups excluding carboxylic acids is 1. The SMILES string of the molecule is CC(C)(N)CNC(=O)CC(Cc1ccccc1)c1ccccc1.Cl. The maximum atomic E-state index is 12.3. The monoisotopic (exact) mass is 346 g/mol. The van der Waals surface area contributed by atoms with Crippen molar-refractivity contribution in [3.8, 4) is 0 Å². The van der Waals surface area contributed by atoms with Crippen LogP contribution in [-0.2, 0) is 11.2 Å². The lowest BCUT2D eigenvalue weighted by atomic mass is 9.89. The van der Waals surface area contributed by atoms with Crippen molar-refractivity contribution < 1.29 is 4.79 Å². The van der Waals surface area contributed by atoms with E-state index in [9.17, 15) is 4.79 Å². The first-order valence-corrected chi connectivity index (χ1v) is 8.08. The van der Waals surface area contributed by atoms with E-state index >= 15 is 0 Å². The molecule has 0 aliphatic carbocycles. The lowest BCUT2D eigenvalue weighted by Crippen LogP contribution is -2.45. The van der Waals surface area contributed by atoms with E-state index in [0.717, 1.165) is 6.42 Å². The number of benzene rings is 2. The van der Waals surface area contributed by atoms with Gasteiger partial charge in [0.25, 0.3) is 0 Å². The van der Waals surface area contributed by atoms with Gasteiger partial charge in [0.2, 0.25) is 5.91 Å². The summed E-state index contributed by atoms with van der Waals surface area (Å²) in [7, 11) is 0. The molecule has 0 bridgehead atoms. The molecule has 2 aromatic carbocycles. The van der Waals surface area contributed by atoms with Gasteiger partial charge in [-0.1, -0.05) is 60.7 Å². The number of amides is 1. The van der Waals surface area contributed by atoms with Crippen molar-refractivity contribution in [3.05, 3.63) is 71.8 Å². The highest BCUT2D eigenvalue weighted by Crippen LogP contribution is 2.24. The van der Waals surface area contributed by atoms with Crippen LogP contribution in [0.15, 0.2) is 60.7 Å². The molecule has 0 aromatic heterocycles. The van der Waals surface area contributed by atoms with Crippen molar-refractivity contribution in [1.29, 1.82) is 0 Å². The van der Waals surface area contributed by atoms with E-state index in [-0.39, 0.29) is 24.2 Å². The van der Waals surface area contributed by atoms with Crippen LogP contribution < -0.4 is 11.1 Å². The van der Waals surface area contributed by atoms with E-state index in [2.05, 4.69) is 29.6 Å². The van der Waals surface area contributed by atoms with Gasteiger partial charge in [0.15, 0.2) is 0 Å². The van der Waals surface area contributed by atoms with Gasteiger partial charge in [0.05, 0.1) is 0 Å². The molecule has 1 amide bonds. The summed E-state index contributed by atoms with van der Waals surface area (Å²) in [5.41, 5.74) is 7.98. The summed E-state index contributed by atoms with van der Waals surface area (Å²) in [4.78, 5) is 12.3. The van der Waals surface area contributed by atoms with Gasteiger partial charge in [-0.2, -0.15) is 0 Å². The highest BCUT2D eigenvalue weighted by atomic mass is 35.5. The molecule has 0 heterocycles. The number of hydrogen-bond acceptors (Lipinski definition) is 2. The predicted octanol–water partition coefficient (Wildman–Crippen LogP) is 3.68. The zero-order valence-corrected chi connectivity index (χ0v) is 15.2. The Morgan fingerprint density at radius 3 is 2.12 bits per heavy atom. The smallest absolute Gasteiger partial charge is 0.220 e. The van der Waals surface area contributed by atoms with Gasteiger partial charge in [-0.25, -0.2) is 0 Å². The van der Waals surface area contributed by atoms with E-state index in [1.807, 2.05) is 50.2 Å². The number of hydrogen-bond donors (Lipinski definition) is 2. The van der Waals surface area contributed by atoms with Crippen LogP contribution in [0, 0.1) is 0 Å². The summed E-state index contributed by atoms with van der Waals surface area (Å²) in [6.07, 6.45) is 1.32. The van der Waals surface area contributed by atoms with E-state index in [4.69, 9.17) is 5.73 Å². The van der Waals surface area contributed by atoms with Crippen molar-refractivity contribution in [2.75, 3.05) is 6.54 Å². The summed E-state index contributed by atoms with van der Waals surface area (Å²) in [6.45, 7) is 4.30. The fraction of sp³-hybridized carbons (Fsp3) is 0.350. The Bertz CT molecular complexity index is 609. The Labute approximate surface area is 151 Å². The number of nitrogens with one attached hydrogen (secondary N) is 1. The maximum absolute atomic E-state index is 12.3. The van der Waals surface area contributed by atoms with Crippen molar-refractivity contribution in [2.24, 2.45) is 5.73 Å². The molecule has 1 unspecified atom stereocenters. The first-order chi connectivity index (χ1) is 10.9. The fourth-order valence-corrected chi connectivity index (χ4v) is 2.55. The molecule has 2 rings (SSSR count). The molecule has 3 N–H and O–H groups in total. The van der Waals surface area contributed by atoms with Gasteiger partial charge in [0, 0.05) is 18.5 Å². The van der Waals surface area contributed by atoms with Gasteiger partial charge in [-0.15, -0.1) is 12.4 Å². The molecule has 3 nitrogen and oxygen atoms in total. The fourth-order valence-electron chi connectivity index (χ4n) is 2.55. The zero-order chi connectivity index (χ0) is 16.7. The van der Waals surface area contributed by atoms with Crippen molar-refractivity contribution in [2.45, 2.75) is 38.1 Å². The maximum Gasteiger partial charge on any atom is 0.220 e. The third-order valence-corrected chi connectivity index (χ3v) is 3.77. The average molecular weight is 347 g/mol. The molecular formula is C20H27ClN2O. The number of halogens is 1. The summed E-state index contributed by atoms with van der Waals surface area (Å²) in [5, 5.41) is 2.94. The number of nitrogens with two attached hydrogens (primary N) is 1. The Kier molecular flexibility index (Phi) is 7.96. The van der Waals surface area contributed by atoms with E-state index < -0.39 is 5.54 Å². The standard InChI is InChI=1S/C20H26N2O.ClH/c1-20(2,21)15-22-19(23)14-18(17-11-7-4-8-12-17)13-16-9-5-3-6-10-16;/h3-12,18H,13-15,21H2,1-2H3,(H,22,23);1H. The predicted molar refractivity (Wildman–Crippen MR) is 102 cm³/mol. The highest BCUT2D eigenvalue weighted by Gasteiger charge is 2.18. The minimum absolute atomic E-state index is 0. The molecule has 0 fully saturated rings. The van der Waals surface area contributed by atoms with Gasteiger partial charge in [-0.3, -0.25) is 4.79 Å². The van der Waals surface area contributed by atoms with E-state index in [0.29, 0.717) is 13.0 Å². The van der Waals surface area contributed by atoms with Gasteiger partial charge in [-0.05, 0) is 37.3 Å². The quantitative estimate of drug-likeness (QED) is 0.803. The Morgan fingerprint density at radius 1 is 1.04 bits per heavy atom. The first-order valence-electron chi connectivity index (χ1n) is 8.08. The molecule has 4 heteroatoms. The molecular weight excluding hydrogens is 320 g/mol. The lowest BCUT2D eigenvalue weighted by molar-refractivity contribution is -0.121. The largest absolute Gasteiger partial charge is 0.354 e. The summed E-state index contributed by atoms with van der Waals surface area (Å²) >= 11 is 0. The van der Waals surface area contributed by atoms with Crippen LogP contribution >= 0.6 is 12.4 Å². The number of carbonyl (C=O) groups is 1. The summed E-state index contributed by atoms with van der Waals surface area (Å²) < 4.78 is 0. The van der Waals surface area contributed by atoms with Crippen LogP contribution in [0.1, 0.15) is 37.3 Å². The van der Waals surface area contributed by atoms with Crippen LogP contribution in [0.2, 0.25) is 0 Å². The highest BCUT2D eigenvalue weighted by molar-refractivity contribution is 5.85. The average Bonchev–Trinajstić information content (AvgIpc) is 2.53. The minimum atomic E-state index is -0.392. The third-order valence-electron chi connectivity index (χ3n) is 3.77. The topological polar surface area (TPSA) is 55.1 Å². The molecule has 0 radical (unpaired) electrons. The second-order valence-electron chi connectivity index (χ2n) is 6.77. The van der Waals surface area contributed by atoms with Crippen LogP contribution in [0.5, 0.6) is 0 Å². The molecule has 0 spiro atoms. The summed E-state index contributed by atoms with van der Waals surface area (Å²) in [5.74, 6) is 0.216. The molecule has 0 saturated carbocycles. The summed E-state index contributed by atoms with van der Waals surface area (Å²) in [6, 6.07) is 20.5. The molecule has 2 aromatic rings. The van der Waals surface area contributed by atoms with Crippen LogP contribution in [0.4, 0.5) is 0 Å². The Balaban J connectivity index is 0.00000288. The minimum Gasteiger partial charge on any atom is -0.354 e. The van der Waals surface area contributed by atoms with E-state index in [1.165, 1.54) is 11.1 Å². The zero-order valence-electron chi connectivity index (χ0n) is 14.4. The van der Waals surface area contributed by atoms with Crippen LogP contribution in [0.25, 0.3) is 0 Å². The number of rotatable bonds is 7. The van der Waals surface area contributed by atoms with Gasteiger partial charge < -0.3 is 11.1 Å². The van der Waals surface area contributed by atoms with Gasteiger partial charge in [0.1, 0.15) is 0 Å². The normalized spacial score (nSPS) is 12.1. The Hall–Kier alpha value is -1.84. The van der Waals surface area contributed by atoms with Crippen molar-refractivity contribution in [1.82, 2.24) is 5.32 Å². The first kappa shape index (κ1) is 20.2. The second-order valence-corrected chi connectivity index (χ2v) is 6.77. The van der Waals surface area contributed by atoms with E-state index in [1.54, 1.807) is 0 Å². The van der Waals surface area contributed by atoms with Crippen LogP contribution in [-0.4, -0.2) is 18.0 Å². The lowest BCUT2D eigenvalue weighted by Gasteiger charge is -2.21. The van der Waals surface area contributed by atoms with Crippen molar-refractivity contribution in [3.63, 3.8) is 0 Å². The molecule has 130 valence electrons. The molecule has 0 aliphatic rings. The molecule has 24 heavy (non-hydrogen) atoms. The van der Waals surface area contributed by atoms with Crippen molar-refractivity contribution >= 4 is 18.3 Å². The molecule has 0 aliphatic heterocycles.